The Hall–Kier alpha value is -2.27. The molecule has 31 heavy (non-hydrogen) atoms. The van der Waals surface area contributed by atoms with E-state index in [1.807, 2.05) is 0 Å². The van der Waals surface area contributed by atoms with Crippen LogP contribution in [-0.2, 0) is 9.47 Å². The van der Waals surface area contributed by atoms with Gasteiger partial charge in [-0.05, 0) is 53.9 Å². The van der Waals surface area contributed by atoms with Crippen molar-refractivity contribution < 1.29 is 19.0 Å². The summed E-state index contributed by atoms with van der Waals surface area (Å²) in [5.74, 6) is 1.54. The second-order valence-corrected chi connectivity index (χ2v) is 8.57. The summed E-state index contributed by atoms with van der Waals surface area (Å²) in [5, 5.41) is 4.10. The molecule has 2 aromatic heterocycles. The number of hydrogen-bond acceptors (Lipinski definition) is 9. The van der Waals surface area contributed by atoms with Gasteiger partial charge in [-0.15, -0.1) is 0 Å². The molecular weight excluding hydrogens is 508 g/mol. The van der Waals surface area contributed by atoms with E-state index in [0.29, 0.717) is 43.3 Å². The van der Waals surface area contributed by atoms with Crippen molar-refractivity contribution in [1.29, 1.82) is 0 Å². The molecule has 1 aromatic carbocycles. The number of carbonyl (C=O) groups excluding carboxylic acids is 1. The molecule has 0 amide bonds. The number of pyridine rings is 1. The summed E-state index contributed by atoms with van der Waals surface area (Å²) < 4.78 is 21.6. The highest BCUT2D eigenvalue weighted by Crippen LogP contribution is 2.36. The van der Waals surface area contributed by atoms with Gasteiger partial charge < -0.3 is 19.5 Å². The van der Waals surface area contributed by atoms with Crippen LogP contribution in [0.15, 0.2) is 34.9 Å². The first-order valence-electron chi connectivity index (χ1n) is 9.55. The van der Waals surface area contributed by atoms with E-state index in [-0.39, 0.29) is 12.7 Å². The Morgan fingerprint density at radius 1 is 1.39 bits per heavy atom. The fraction of sp³-hybridized carbons (Fsp3) is 0.300. The van der Waals surface area contributed by atoms with Gasteiger partial charge >= 0.3 is 5.97 Å². The minimum atomic E-state index is -0.446. The summed E-state index contributed by atoms with van der Waals surface area (Å²) in [6, 6.07) is 6.41. The minimum Gasteiger partial charge on any atom is -0.462 e. The third-order valence-corrected chi connectivity index (χ3v) is 5.93. The molecule has 162 valence electrons. The first-order chi connectivity index (χ1) is 15.0. The van der Waals surface area contributed by atoms with Crippen LogP contribution in [0.5, 0.6) is 11.5 Å². The largest absolute Gasteiger partial charge is 0.462 e. The van der Waals surface area contributed by atoms with Crippen LogP contribution in [0.4, 0.5) is 10.9 Å². The number of anilines is 2. The number of halogens is 2. The fourth-order valence-corrected chi connectivity index (χ4v) is 3.99. The van der Waals surface area contributed by atoms with Crippen molar-refractivity contribution >= 4 is 56.0 Å². The van der Waals surface area contributed by atoms with E-state index in [1.54, 1.807) is 37.4 Å². The highest BCUT2D eigenvalue weighted by molar-refractivity contribution is 9.10. The summed E-state index contributed by atoms with van der Waals surface area (Å²) in [6.45, 7) is 2.76. The Kier molecular flexibility index (Phi) is 7.01. The smallest absolute Gasteiger partial charge is 0.338 e. The van der Waals surface area contributed by atoms with E-state index in [1.165, 1.54) is 11.5 Å². The predicted octanol–water partition coefficient (Wildman–Crippen LogP) is 5.91. The van der Waals surface area contributed by atoms with E-state index >= 15 is 0 Å². The van der Waals surface area contributed by atoms with E-state index < -0.39 is 5.97 Å². The van der Waals surface area contributed by atoms with Crippen molar-refractivity contribution in [3.63, 3.8) is 0 Å². The maximum atomic E-state index is 12.0. The lowest BCUT2D eigenvalue weighted by molar-refractivity contribution is 0.0526. The molecule has 8 nitrogen and oxygen atoms in total. The first kappa shape index (κ1) is 21.9. The van der Waals surface area contributed by atoms with Gasteiger partial charge in [0.2, 0.25) is 5.13 Å². The number of carbonyl (C=O) groups is 1. The van der Waals surface area contributed by atoms with Gasteiger partial charge in [-0.3, -0.25) is 0 Å². The Labute approximate surface area is 196 Å². The van der Waals surface area contributed by atoms with Gasteiger partial charge in [0.25, 0.3) is 0 Å². The molecule has 11 heteroatoms. The van der Waals surface area contributed by atoms with E-state index in [9.17, 15) is 4.79 Å². The Morgan fingerprint density at radius 3 is 3.03 bits per heavy atom. The van der Waals surface area contributed by atoms with Crippen LogP contribution in [0.3, 0.4) is 0 Å². The molecule has 3 aromatic rings. The molecule has 4 rings (SSSR count). The van der Waals surface area contributed by atoms with Crippen molar-refractivity contribution in [1.82, 2.24) is 14.3 Å². The van der Waals surface area contributed by atoms with Crippen molar-refractivity contribution in [2.75, 3.05) is 18.5 Å². The summed E-state index contributed by atoms with van der Waals surface area (Å²) >= 11 is 10.9. The summed E-state index contributed by atoms with van der Waals surface area (Å²) in [7, 11) is 0. The number of ether oxygens (including phenoxy) is 3. The average molecular weight is 526 g/mol. The monoisotopic (exact) mass is 524 g/mol. The molecule has 1 unspecified atom stereocenters. The molecular formula is C20H18BrClN4O4S. The van der Waals surface area contributed by atoms with Gasteiger partial charge in [0.15, 0.2) is 5.82 Å². The van der Waals surface area contributed by atoms with Gasteiger partial charge in [0.1, 0.15) is 23.4 Å². The van der Waals surface area contributed by atoms with Crippen LogP contribution in [0.25, 0.3) is 0 Å². The molecule has 1 aliphatic heterocycles. The van der Waals surface area contributed by atoms with E-state index in [4.69, 9.17) is 25.8 Å². The standard InChI is InChI=1S/C20H18BrClN4O4S/c1-2-28-19(27)11-5-6-13(22)16(8-11)30-15-9-17(23-10-12(15)21)24-20-25-18(26-31-20)14-4-3-7-29-14/h5-6,8-10,14H,2-4,7H2,1H3,(H,23,24,25,26). The number of aromatic nitrogens is 3. The molecule has 0 bridgehead atoms. The van der Waals surface area contributed by atoms with Crippen molar-refractivity contribution in [3.8, 4) is 11.5 Å². The second kappa shape index (κ2) is 9.90. The summed E-state index contributed by atoms with van der Waals surface area (Å²) in [5.41, 5.74) is 0.347. The van der Waals surface area contributed by atoms with Crippen LogP contribution in [0.1, 0.15) is 42.1 Å². The average Bonchev–Trinajstić information content (AvgIpc) is 3.44. The SMILES string of the molecule is CCOC(=O)c1ccc(Cl)c(Oc2cc(Nc3nc(C4CCCO4)ns3)ncc2Br)c1. The predicted molar refractivity (Wildman–Crippen MR) is 121 cm³/mol. The highest BCUT2D eigenvalue weighted by atomic mass is 79.9. The van der Waals surface area contributed by atoms with Gasteiger partial charge in [-0.2, -0.15) is 4.37 Å². The topological polar surface area (TPSA) is 95.5 Å². The van der Waals surface area contributed by atoms with Crippen LogP contribution in [-0.4, -0.2) is 33.5 Å². The van der Waals surface area contributed by atoms with Crippen molar-refractivity contribution in [3.05, 3.63) is 51.3 Å². The normalized spacial score (nSPS) is 15.6. The quantitative estimate of drug-likeness (QED) is 0.380. The lowest BCUT2D eigenvalue weighted by atomic mass is 10.2. The van der Waals surface area contributed by atoms with Crippen molar-refractivity contribution in [2.24, 2.45) is 0 Å². The number of nitrogens with one attached hydrogen (secondary N) is 1. The third-order valence-electron chi connectivity index (χ3n) is 4.38. The molecule has 1 fully saturated rings. The molecule has 1 atom stereocenters. The zero-order valence-electron chi connectivity index (χ0n) is 16.4. The van der Waals surface area contributed by atoms with Gasteiger partial charge in [-0.25, -0.2) is 14.8 Å². The Morgan fingerprint density at radius 2 is 2.26 bits per heavy atom. The lowest BCUT2D eigenvalue weighted by Gasteiger charge is -2.12. The molecule has 0 saturated carbocycles. The van der Waals surface area contributed by atoms with Crippen LogP contribution < -0.4 is 10.1 Å². The highest BCUT2D eigenvalue weighted by Gasteiger charge is 2.22. The van der Waals surface area contributed by atoms with Crippen LogP contribution in [0.2, 0.25) is 5.02 Å². The lowest BCUT2D eigenvalue weighted by Crippen LogP contribution is -2.04. The van der Waals surface area contributed by atoms with E-state index in [0.717, 1.165) is 19.4 Å². The zero-order valence-corrected chi connectivity index (χ0v) is 19.6. The fourth-order valence-electron chi connectivity index (χ4n) is 2.92. The molecule has 1 aliphatic rings. The zero-order chi connectivity index (χ0) is 21.8. The molecule has 3 heterocycles. The van der Waals surface area contributed by atoms with Gasteiger partial charge in [0, 0.05) is 30.4 Å². The maximum absolute atomic E-state index is 12.0. The molecule has 0 radical (unpaired) electrons. The number of nitrogens with zero attached hydrogens (tertiary/aromatic N) is 3. The second-order valence-electron chi connectivity index (χ2n) is 6.55. The Bertz CT molecular complexity index is 1090. The first-order valence-corrected chi connectivity index (χ1v) is 11.5. The summed E-state index contributed by atoms with van der Waals surface area (Å²) in [4.78, 5) is 20.8. The van der Waals surface area contributed by atoms with Gasteiger partial charge in [-0.1, -0.05) is 11.6 Å². The maximum Gasteiger partial charge on any atom is 0.338 e. The van der Waals surface area contributed by atoms with Crippen molar-refractivity contribution in [2.45, 2.75) is 25.9 Å². The molecule has 1 saturated heterocycles. The van der Waals surface area contributed by atoms with Gasteiger partial charge in [0.05, 0.1) is 21.7 Å². The number of esters is 1. The van der Waals surface area contributed by atoms with Crippen LogP contribution >= 0.6 is 39.1 Å². The third kappa shape index (κ3) is 5.32. The van der Waals surface area contributed by atoms with E-state index in [2.05, 4.69) is 35.6 Å². The molecule has 1 N–H and O–H groups in total. The molecule has 0 aliphatic carbocycles. The molecule has 0 spiro atoms. The summed E-state index contributed by atoms with van der Waals surface area (Å²) in [6.07, 6.45) is 3.50. The van der Waals surface area contributed by atoms with Crippen LogP contribution in [0, 0.1) is 0 Å². The number of rotatable bonds is 7. The number of benzene rings is 1. The minimum absolute atomic E-state index is 0.0441. The Balaban J connectivity index is 1.52. The number of hydrogen-bond donors (Lipinski definition) is 1.